The molecule has 10 nitrogen and oxygen atoms in total. The first-order valence-electron chi connectivity index (χ1n) is 10.2. The van der Waals surface area contributed by atoms with Crippen LogP contribution in [0.3, 0.4) is 0 Å². The van der Waals surface area contributed by atoms with Gasteiger partial charge in [0.1, 0.15) is 23.4 Å². The third-order valence-corrected chi connectivity index (χ3v) is 5.14. The number of nitrogens with one attached hydrogen (secondary N) is 4. The van der Waals surface area contributed by atoms with Gasteiger partial charge in [0, 0.05) is 18.3 Å². The van der Waals surface area contributed by atoms with E-state index in [0.29, 0.717) is 28.2 Å². The lowest BCUT2D eigenvalue weighted by Gasteiger charge is -2.18. The molecule has 3 heterocycles. The Bertz CT molecular complexity index is 1450. The second-order valence-electron chi connectivity index (χ2n) is 7.46. The van der Waals surface area contributed by atoms with Gasteiger partial charge < -0.3 is 25.7 Å². The number of carbonyl (C=O) groups is 3. The van der Waals surface area contributed by atoms with Crippen LogP contribution in [0.2, 0.25) is 0 Å². The van der Waals surface area contributed by atoms with Crippen LogP contribution in [-0.4, -0.2) is 39.3 Å². The minimum absolute atomic E-state index is 0.0341. The number of nitrogens with zero attached hydrogens (tertiary/aromatic N) is 2. The Kier molecular flexibility index (Phi) is 5.34. The van der Waals surface area contributed by atoms with E-state index in [0.717, 1.165) is 11.6 Å². The molecule has 0 atom stereocenters. The van der Waals surface area contributed by atoms with Crippen molar-refractivity contribution in [2.75, 3.05) is 17.2 Å². The normalized spacial score (nSPS) is 12.4. The Morgan fingerprint density at radius 1 is 1.12 bits per heavy atom. The molecule has 5 rings (SSSR count). The highest BCUT2D eigenvalue weighted by molar-refractivity contribution is 6.11. The molecule has 0 spiro atoms. The summed E-state index contributed by atoms with van der Waals surface area (Å²) in [4.78, 5) is 47.9. The Balaban J connectivity index is 1.32. The number of amides is 3. The Morgan fingerprint density at radius 2 is 2.00 bits per heavy atom. The number of benzene rings is 2. The van der Waals surface area contributed by atoms with Gasteiger partial charge in [-0.2, -0.15) is 0 Å². The summed E-state index contributed by atoms with van der Waals surface area (Å²) < 4.78 is 18.7. The summed E-state index contributed by atoms with van der Waals surface area (Å²) in [6.45, 7) is 0.144. The summed E-state index contributed by atoms with van der Waals surface area (Å²) in [5, 5.41) is 8.15. The fourth-order valence-electron chi connectivity index (χ4n) is 3.54. The molecule has 0 bridgehead atoms. The van der Waals surface area contributed by atoms with Crippen molar-refractivity contribution in [1.29, 1.82) is 0 Å². The smallest absolute Gasteiger partial charge is 0.272 e. The quantitative estimate of drug-likeness (QED) is 0.361. The van der Waals surface area contributed by atoms with Crippen LogP contribution < -0.4 is 20.7 Å². The van der Waals surface area contributed by atoms with Crippen LogP contribution in [0.4, 0.5) is 15.8 Å². The average Bonchev–Trinajstić information content (AvgIpc) is 3.25. The molecule has 11 heteroatoms. The van der Waals surface area contributed by atoms with Gasteiger partial charge in [0.15, 0.2) is 12.3 Å². The van der Waals surface area contributed by atoms with Crippen molar-refractivity contribution in [3.8, 4) is 5.75 Å². The van der Waals surface area contributed by atoms with Crippen molar-refractivity contribution in [1.82, 2.24) is 20.3 Å². The van der Waals surface area contributed by atoms with Crippen molar-refractivity contribution in [3.05, 3.63) is 77.6 Å². The minimum atomic E-state index is -0.526. The lowest BCUT2D eigenvalue weighted by atomic mass is 10.1. The molecule has 0 saturated carbocycles. The second-order valence-corrected chi connectivity index (χ2v) is 7.46. The standard InChI is InChI=1S/C23H17FN6O4/c24-14-3-1-2-13(7-14)22(32)30-16-9-25-20-19(16)27-11-28-21(20)23(33)26-8-12-4-5-17-15(6-12)29-18(31)10-34-17/h1-7,9,11,25H,8,10H2,(H,26,33)(H,29,31)(H,30,32). The fourth-order valence-corrected chi connectivity index (χ4v) is 3.54. The Morgan fingerprint density at radius 3 is 2.85 bits per heavy atom. The Labute approximate surface area is 191 Å². The van der Waals surface area contributed by atoms with Crippen LogP contribution in [0, 0.1) is 5.82 Å². The van der Waals surface area contributed by atoms with Gasteiger partial charge in [0.2, 0.25) is 0 Å². The van der Waals surface area contributed by atoms with Crippen LogP contribution in [0.25, 0.3) is 11.0 Å². The van der Waals surface area contributed by atoms with Crippen LogP contribution in [0.5, 0.6) is 5.75 Å². The van der Waals surface area contributed by atoms with Gasteiger partial charge in [-0.25, -0.2) is 14.4 Å². The molecule has 1 aliphatic rings. The lowest BCUT2D eigenvalue weighted by Crippen LogP contribution is -2.26. The van der Waals surface area contributed by atoms with Crippen molar-refractivity contribution in [2.24, 2.45) is 0 Å². The summed E-state index contributed by atoms with van der Waals surface area (Å²) in [7, 11) is 0. The number of ether oxygens (including phenoxy) is 1. The highest BCUT2D eigenvalue weighted by Gasteiger charge is 2.19. The molecule has 170 valence electrons. The summed E-state index contributed by atoms with van der Waals surface area (Å²) in [5.41, 5.74) is 2.51. The van der Waals surface area contributed by atoms with Gasteiger partial charge in [-0.15, -0.1) is 0 Å². The zero-order chi connectivity index (χ0) is 23.7. The average molecular weight is 460 g/mol. The topological polar surface area (TPSA) is 138 Å². The molecular weight excluding hydrogens is 443 g/mol. The molecule has 3 amide bonds. The number of rotatable bonds is 5. The zero-order valence-corrected chi connectivity index (χ0v) is 17.5. The molecule has 2 aromatic carbocycles. The van der Waals surface area contributed by atoms with Crippen molar-refractivity contribution in [2.45, 2.75) is 6.54 Å². The Hall–Kier alpha value is -4.80. The maximum Gasteiger partial charge on any atom is 0.272 e. The monoisotopic (exact) mass is 460 g/mol. The van der Waals surface area contributed by atoms with Gasteiger partial charge in [0.25, 0.3) is 17.7 Å². The predicted molar refractivity (Wildman–Crippen MR) is 120 cm³/mol. The fraction of sp³-hybridized carbons (Fsp3) is 0.0870. The number of halogens is 1. The molecule has 2 aromatic heterocycles. The van der Waals surface area contributed by atoms with E-state index in [4.69, 9.17) is 4.74 Å². The molecule has 0 saturated heterocycles. The van der Waals surface area contributed by atoms with E-state index in [2.05, 4.69) is 30.9 Å². The number of H-pyrrole nitrogens is 1. The number of anilines is 2. The molecule has 4 aromatic rings. The maximum atomic E-state index is 13.4. The van der Waals surface area contributed by atoms with E-state index in [1.165, 1.54) is 30.7 Å². The zero-order valence-electron chi connectivity index (χ0n) is 17.5. The summed E-state index contributed by atoms with van der Waals surface area (Å²) in [6, 6.07) is 10.5. The molecule has 0 unspecified atom stereocenters. The molecule has 0 radical (unpaired) electrons. The number of fused-ring (bicyclic) bond motifs is 2. The van der Waals surface area contributed by atoms with E-state index in [1.807, 2.05) is 0 Å². The van der Waals surface area contributed by atoms with Crippen LogP contribution in [-0.2, 0) is 11.3 Å². The van der Waals surface area contributed by atoms with E-state index in [9.17, 15) is 18.8 Å². The highest BCUT2D eigenvalue weighted by Crippen LogP contribution is 2.28. The second kappa shape index (κ2) is 8.62. The largest absolute Gasteiger partial charge is 0.482 e. The summed E-state index contributed by atoms with van der Waals surface area (Å²) >= 11 is 0. The molecule has 1 aliphatic heterocycles. The predicted octanol–water partition coefficient (Wildman–Crippen LogP) is 2.61. The van der Waals surface area contributed by atoms with E-state index in [1.54, 1.807) is 18.2 Å². The summed E-state index contributed by atoms with van der Waals surface area (Å²) in [6.07, 6.45) is 2.70. The number of carbonyl (C=O) groups excluding carboxylic acids is 3. The first kappa shape index (κ1) is 21.1. The molecule has 4 N–H and O–H groups in total. The van der Waals surface area contributed by atoms with Crippen molar-refractivity contribution in [3.63, 3.8) is 0 Å². The number of aromatic amines is 1. The molecule has 0 fully saturated rings. The first-order valence-corrected chi connectivity index (χ1v) is 10.2. The molecular formula is C23H17FN6O4. The number of hydrogen-bond acceptors (Lipinski definition) is 6. The third kappa shape index (κ3) is 4.13. The van der Waals surface area contributed by atoms with Crippen molar-refractivity contribution < 1.29 is 23.5 Å². The van der Waals surface area contributed by atoms with Crippen LogP contribution in [0.15, 0.2) is 55.0 Å². The minimum Gasteiger partial charge on any atom is -0.482 e. The van der Waals surface area contributed by atoms with Gasteiger partial charge in [-0.1, -0.05) is 12.1 Å². The van der Waals surface area contributed by atoms with Crippen LogP contribution >= 0.6 is 0 Å². The highest BCUT2D eigenvalue weighted by atomic mass is 19.1. The first-order chi connectivity index (χ1) is 16.5. The van der Waals surface area contributed by atoms with E-state index >= 15 is 0 Å². The van der Waals surface area contributed by atoms with E-state index in [-0.39, 0.29) is 30.3 Å². The maximum absolute atomic E-state index is 13.4. The lowest BCUT2D eigenvalue weighted by molar-refractivity contribution is -0.118. The van der Waals surface area contributed by atoms with Gasteiger partial charge in [0.05, 0.1) is 16.9 Å². The van der Waals surface area contributed by atoms with Gasteiger partial charge in [-0.05, 0) is 35.9 Å². The number of hydrogen-bond donors (Lipinski definition) is 4. The van der Waals surface area contributed by atoms with Gasteiger partial charge in [-0.3, -0.25) is 14.4 Å². The van der Waals surface area contributed by atoms with E-state index < -0.39 is 17.6 Å². The number of aromatic nitrogens is 3. The van der Waals surface area contributed by atoms with Crippen LogP contribution in [0.1, 0.15) is 26.4 Å². The molecule has 34 heavy (non-hydrogen) atoms. The van der Waals surface area contributed by atoms with Crippen molar-refractivity contribution >= 4 is 40.1 Å². The SMILES string of the molecule is O=C1COc2ccc(CNC(=O)c3ncnc4c(NC(=O)c5cccc(F)c5)c[nH]c34)cc2N1. The third-order valence-electron chi connectivity index (χ3n) is 5.14. The van der Waals surface area contributed by atoms with Gasteiger partial charge >= 0.3 is 0 Å². The molecule has 0 aliphatic carbocycles. The summed E-state index contributed by atoms with van der Waals surface area (Å²) in [5.74, 6) is -1.19.